The number of aryl methyl sites for hydroxylation is 1. The molecule has 0 saturated heterocycles. The molecule has 0 fully saturated rings. The van der Waals surface area contributed by atoms with Crippen LogP contribution in [0.15, 0.2) is 29.6 Å². The monoisotopic (exact) mass is 276 g/mol. The number of carbonyl (C=O) groups excluding carboxylic acids is 1. The fraction of sp³-hybridized carbons (Fsp3) is 0.286. The summed E-state index contributed by atoms with van der Waals surface area (Å²) in [6, 6.07) is 7.23. The molecule has 0 aliphatic rings. The summed E-state index contributed by atoms with van der Waals surface area (Å²) in [4.78, 5) is 16.4. The zero-order chi connectivity index (χ0) is 13.7. The first-order valence-electron chi connectivity index (χ1n) is 6.11. The molecule has 1 heterocycles. The van der Waals surface area contributed by atoms with Crippen LogP contribution in [0.4, 0.5) is 0 Å². The Hall–Kier alpha value is -1.88. The molecule has 5 heteroatoms. The number of carbonyl (C=O) groups is 1. The van der Waals surface area contributed by atoms with E-state index in [1.165, 1.54) is 0 Å². The Morgan fingerprint density at radius 2 is 2.21 bits per heavy atom. The number of nitrogens with zero attached hydrogens (tertiary/aromatic N) is 1. The quantitative estimate of drug-likeness (QED) is 0.913. The van der Waals surface area contributed by atoms with Gasteiger partial charge < -0.3 is 10.1 Å². The molecule has 0 aliphatic heterocycles. The summed E-state index contributed by atoms with van der Waals surface area (Å²) in [7, 11) is 0. The van der Waals surface area contributed by atoms with Gasteiger partial charge in [0.2, 0.25) is 0 Å². The highest BCUT2D eigenvalue weighted by atomic mass is 32.1. The highest BCUT2D eigenvalue weighted by Gasteiger charge is 2.11. The Labute approximate surface area is 116 Å². The average Bonchev–Trinajstić information content (AvgIpc) is 2.83. The highest BCUT2D eigenvalue weighted by Crippen LogP contribution is 2.18. The molecule has 0 saturated carbocycles. The molecule has 1 aromatic heterocycles. The van der Waals surface area contributed by atoms with Crippen molar-refractivity contribution in [1.29, 1.82) is 0 Å². The number of aromatic nitrogens is 1. The van der Waals surface area contributed by atoms with Gasteiger partial charge in [-0.2, -0.15) is 0 Å². The normalized spacial score (nSPS) is 10.2. The van der Waals surface area contributed by atoms with Gasteiger partial charge in [0.25, 0.3) is 5.91 Å². The van der Waals surface area contributed by atoms with Crippen molar-refractivity contribution in [3.8, 4) is 5.75 Å². The molecule has 1 aromatic carbocycles. The van der Waals surface area contributed by atoms with Crippen LogP contribution >= 0.6 is 11.3 Å². The maximum absolute atomic E-state index is 12.1. The van der Waals surface area contributed by atoms with E-state index in [-0.39, 0.29) is 5.91 Å². The number of rotatable bonds is 5. The van der Waals surface area contributed by atoms with Gasteiger partial charge in [-0.05, 0) is 26.0 Å². The molecule has 0 spiro atoms. The zero-order valence-corrected chi connectivity index (χ0v) is 11.8. The second-order valence-electron chi connectivity index (χ2n) is 3.97. The number of amides is 1. The predicted molar refractivity (Wildman–Crippen MR) is 75.6 cm³/mol. The van der Waals surface area contributed by atoms with Crippen molar-refractivity contribution in [2.75, 3.05) is 6.61 Å². The molecule has 0 unspecified atom stereocenters. The van der Waals surface area contributed by atoms with Crippen molar-refractivity contribution in [3.63, 3.8) is 0 Å². The molecule has 2 rings (SSSR count). The van der Waals surface area contributed by atoms with Crippen LogP contribution in [-0.4, -0.2) is 17.5 Å². The van der Waals surface area contributed by atoms with Gasteiger partial charge in [0, 0.05) is 5.38 Å². The van der Waals surface area contributed by atoms with Gasteiger partial charge >= 0.3 is 0 Å². The Bertz CT molecular complexity index is 566. The van der Waals surface area contributed by atoms with E-state index in [0.717, 1.165) is 10.7 Å². The molecule has 1 N–H and O–H groups in total. The van der Waals surface area contributed by atoms with E-state index in [1.807, 2.05) is 31.4 Å². The predicted octanol–water partition coefficient (Wildman–Crippen LogP) is 2.78. The Morgan fingerprint density at radius 3 is 2.89 bits per heavy atom. The van der Waals surface area contributed by atoms with Crippen molar-refractivity contribution < 1.29 is 9.53 Å². The second kappa shape index (κ2) is 6.33. The van der Waals surface area contributed by atoms with E-state index >= 15 is 0 Å². The number of benzene rings is 1. The van der Waals surface area contributed by atoms with Crippen LogP contribution in [0.3, 0.4) is 0 Å². The SMILES string of the molecule is CCOc1ccccc1C(=O)NCc1csc(C)n1. The number of nitrogens with one attached hydrogen (secondary N) is 1. The number of hydrogen-bond acceptors (Lipinski definition) is 4. The van der Waals surface area contributed by atoms with Gasteiger partial charge in [0.05, 0.1) is 29.4 Å². The van der Waals surface area contributed by atoms with Gasteiger partial charge in [-0.3, -0.25) is 4.79 Å². The van der Waals surface area contributed by atoms with Crippen molar-refractivity contribution in [3.05, 3.63) is 45.9 Å². The third-order valence-electron chi connectivity index (χ3n) is 2.53. The van der Waals surface area contributed by atoms with E-state index in [2.05, 4.69) is 10.3 Å². The van der Waals surface area contributed by atoms with Crippen molar-refractivity contribution in [2.45, 2.75) is 20.4 Å². The Morgan fingerprint density at radius 1 is 1.42 bits per heavy atom. The fourth-order valence-corrected chi connectivity index (χ4v) is 2.30. The Balaban J connectivity index is 2.03. The highest BCUT2D eigenvalue weighted by molar-refractivity contribution is 7.09. The molecule has 100 valence electrons. The molecular weight excluding hydrogens is 260 g/mol. The molecule has 1 amide bonds. The minimum atomic E-state index is -0.144. The van der Waals surface area contributed by atoms with Crippen LogP contribution in [0, 0.1) is 6.92 Å². The lowest BCUT2D eigenvalue weighted by Gasteiger charge is -2.09. The van der Waals surface area contributed by atoms with Gasteiger partial charge in [0.1, 0.15) is 5.75 Å². The van der Waals surface area contributed by atoms with Gasteiger partial charge in [-0.15, -0.1) is 11.3 Å². The standard InChI is InChI=1S/C14H16N2O2S/c1-3-18-13-7-5-4-6-12(13)14(17)15-8-11-9-19-10(2)16-11/h4-7,9H,3,8H2,1-2H3,(H,15,17). The lowest BCUT2D eigenvalue weighted by molar-refractivity contribution is 0.0946. The van der Waals surface area contributed by atoms with Crippen LogP contribution in [0.5, 0.6) is 5.75 Å². The summed E-state index contributed by atoms with van der Waals surface area (Å²) < 4.78 is 5.44. The average molecular weight is 276 g/mol. The van der Waals surface area contributed by atoms with Crippen LogP contribution in [0.2, 0.25) is 0 Å². The summed E-state index contributed by atoms with van der Waals surface area (Å²) in [6.45, 7) is 4.81. The van der Waals surface area contributed by atoms with Gasteiger partial charge in [0.15, 0.2) is 0 Å². The maximum Gasteiger partial charge on any atom is 0.255 e. The van der Waals surface area contributed by atoms with Crippen LogP contribution < -0.4 is 10.1 Å². The van der Waals surface area contributed by atoms with Crippen LogP contribution in [0.25, 0.3) is 0 Å². The number of para-hydroxylation sites is 1. The summed E-state index contributed by atoms with van der Waals surface area (Å²) in [6.07, 6.45) is 0. The summed E-state index contributed by atoms with van der Waals surface area (Å²) in [5, 5.41) is 5.80. The third-order valence-corrected chi connectivity index (χ3v) is 3.35. The first-order chi connectivity index (χ1) is 9.20. The fourth-order valence-electron chi connectivity index (χ4n) is 1.69. The first kappa shape index (κ1) is 13.5. The maximum atomic E-state index is 12.1. The van der Waals surface area contributed by atoms with E-state index in [1.54, 1.807) is 23.5 Å². The van der Waals surface area contributed by atoms with E-state index in [9.17, 15) is 4.79 Å². The lowest BCUT2D eigenvalue weighted by Crippen LogP contribution is -2.23. The topological polar surface area (TPSA) is 51.2 Å². The number of ether oxygens (including phenoxy) is 1. The minimum absolute atomic E-state index is 0.144. The van der Waals surface area contributed by atoms with E-state index in [0.29, 0.717) is 24.5 Å². The van der Waals surface area contributed by atoms with Crippen LogP contribution in [0.1, 0.15) is 28.0 Å². The van der Waals surface area contributed by atoms with Crippen molar-refractivity contribution in [1.82, 2.24) is 10.3 Å². The van der Waals surface area contributed by atoms with E-state index in [4.69, 9.17) is 4.74 Å². The summed E-state index contributed by atoms with van der Waals surface area (Å²) in [5.41, 5.74) is 1.43. The van der Waals surface area contributed by atoms with Gasteiger partial charge in [-0.25, -0.2) is 4.98 Å². The summed E-state index contributed by atoms with van der Waals surface area (Å²) in [5.74, 6) is 0.465. The van der Waals surface area contributed by atoms with Crippen molar-refractivity contribution in [2.24, 2.45) is 0 Å². The zero-order valence-electron chi connectivity index (χ0n) is 11.0. The molecular formula is C14H16N2O2S. The Kier molecular flexibility index (Phi) is 4.52. The molecule has 2 aromatic rings. The van der Waals surface area contributed by atoms with E-state index < -0.39 is 0 Å². The molecule has 19 heavy (non-hydrogen) atoms. The number of thiazole rings is 1. The minimum Gasteiger partial charge on any atom is -0.493 e. The van der Waals surface area contributed by atoms with Crippen LogP contribution in [-0.2, 0) is 6.54 Å². The first-order valence-corrected chi connectivity index (χ1v) is 6.99. The number of hydrogen-bond donors (Lipinski definition) is 1. The smallest absolute Gasteiger partial charge is 0.255 e. The molecule has 0 radical (unpaired) electrons. The lowest BCUT2D eigenvalue weighted by atomic mass is 10.2. The summed E-state index contributed by atoms with van der Waals surface area (Å²) >= 11 is 1.58. The third kappa shape index (κ3) is 3.54. The molecule has 0 aliphatic carbocycles. The second-order valence-corrected chi connectivity index (χ2v) is 5.03. The van der Waals surface area contributed by atoms with Gasteiger partial charge in [-0.1, -0.05) is 12.1 Å². The van der Waals surface area contributed by atoms with Crippen molar-refractivity contribution >= 4 is 17.2 Å². The molecule has 4 nitrogen and oxygen atoms in total. The molecule has 0 atom stereocenters. The molecule has 0 bridgehead atoms. The largest absolute Gasteiger partial charge is 0.493 e.